The lowest BCUT2D eigenvalue weighted by Crippen LogP contribution is -2.01. The summed E-state index contributed by atoms with van der Waals surface area (Å²) >= 11 is 0. The zero-order valence-electron chi connectivity index (χ0n) is 32.7. The van der Waals surface area contributed by atoms with Crippen LogP contribution in [-0.2, 0) is 12.8 Å². The van der Waals surface area contributed by atoms with Crippen molar-refractivity contribution in [2.45, 2.75) is 53.4 Å². The lowest BCUT2D eigenvalue weighted by molar-refractivity contribution is 0.968. The first kappa shape index (κ1) is 37.1. The number of hydrogen-bond donors (Lipinski definition) is 0. The van der Waals surface area contributed by atoms with E-state index in [9.17, 15) is 0 Å². The first-order chi connectivity index (χ1) is 27.0. The van der Waals surface area contributed by atoms with E-state index >= 15 is 0 Å². The number of nitrogens with zero attached hydrogens (tertiary/aromatic N) is 1. The van der Waals surface area contributed by atoms with Gasteiger partial charge in [0.05, 0.1) is 5.52 Å². The molecule has 1 aliphatic rings. The van der Waals surface area contributed by atoms with Crippen molar-refractivity contribution in [3.05, 3.63) is 210 Å². The minimum absolute atomic E-state index is 0.886. The number of benzene rings is 6. The average molecular weight is 714 g/mol. The molecule has 0 fully saturated rings. The quantitative estimate of drug-likeness (QED) is 0.131. The molecule has 0 radical (unpaired) electrons. The summed E-state index contributed by atoms with van der Waals surface area (Å²) in [6.45, 7) is 12.1. The fourth-order valence-electron chi connectivity index (χ4n) is 8.01. The predicted molar refractivity (Wildman–Crippen MR) is 240 cm³/mol. The molecule has 0 saturated heterocycles. The molecule has 272 valence electrons. The molecule has 1 aliphatic carbocycles. The van der Waals surface area contributed by atoms with Gasteiger partial charge < -0.3 is 4.57 Å². The summed E-state index contributed by atoms with van der Waals surface area (Å²) in [5.41, 5.74) is 19.3. The monoisotopic (exact) mass is 713 g/mol. The standard InChI is InChI=1S/C49H43N.C5H8/c1-4-15-34(2)45-31-36(25-24-35(45)3)30-37-26-28-41(46(32-37)38-16-7-5-8-17-38)42-29-27-40(33-47(42)39-18-9-6-10-19-39)50-48-22-13-11-20-43(48)44-21-12-14-23-49(44)50;1-3-5-4-2/h5-11,13-20,22-29,31-33H,4,12,21,30H2,1-3H3;3-5H,1H2,2H3/b34-15+;5-4-. The first-order valence-electron chi connectivity index (χ1n) is 19.7. The molecule has 8 rings (SSSR count). The SMILES string of the molecule is C=C/C=C\C.CC/C=C(\C)c1cc(Cc2ccc(-c3ccc(-n4c5c(c6ccccc64)CCC=C5)cc3-c3ccccc3)c(-c3ccccc3)c2)ccc1C. The van der Waals surface area contributed by atoms with Gasteiger partial charge in [-0.05, 0) is 138 Å². The van der Waals surface area contributed by atoms with Gasteiger partial charge >= 0.3 is 0 Å². The van der Waals surface area contributed by atoms with Crippen LogP contribution >= 0.6 is 0 Å². The van der Waals surface area contributed by atoms with Crippen molar-refractivity contribution in [2.24, 2.45) is 0 Å². The summed E-state index contributed by atoms with van der Waals surface area (Å²) < 4.78 is 2.46. The second kappa shape index (κ2) is 17.3. The number of para-hydroxylation sites is 1. The van der Waals surface area contributed by atoms with Gasteiger partial charge in [-0.2, -0.15) is 0 Å². The third kappa shape index (κ3) is 8.03. The summed E-state index contributed by atoms with van der Waals surface area (Å²) in [7, 11) is 0. The molecule has 0 atom stereocenters. The fraction of sp³-hybridized carbons (Fsp3) is 0.148. The van der Waals surface area contributed by atoms with Crippen LogP contribution in [0.2, 0.25) is 0 Å². The molecule has 55 heavy (non-hydrogen) atoms. The number of hydrogen-bond acceptors (Lipinski definition) is 0. The minimum atomic E-state index is 0.886. The minimum Gasteiger partial charge on any atom is -0.310 e. The molecule has 0 aliphatic heterocycles. The molecular formula is C54H51N. The second-order valence-electron chi connectivity index (χ2n) is 14.4. The van der Waals surface area contributed by atoms with Crippen LogP contribution in [0.1, 0.15) is 67.1 Å². The van der Waals surface area contributed by atoms with Crippen LogP contribution in [0.15, 0.2) is 176 Å². The molecule has 1 heterocycles. The van der Waals surface area contributed by atoms with Gasteiger partial charge in [-0.1, -0.05) is 165 Å². The first-order valence-corrected chi connectivity index (χ1v) is 19.7. The van der Waals surface area contributed by atoms with E-state index in [4.69, 9.17) is 0 Å². The molecule has 0 amide bonds. The summed E-state index contributed by atoms with van der Waals surface area (Å²) in [5.74, 6) is 0. The van der Waals surface area contributed by atoms with Crippen LogP contribution < -0.4 is 0 Å². The summed E-state index contributed by atoms with van der Waals surface area (Å²) in [4.78, 5) is 0. The van der Waals surface area contributed by atoms with E-state index in [1.165, 1.54) is 89.1 Å². The maximum Gasteiger partial charge on any atom is 0.0537 e. The lowest BCUT2D eigenvalue weighted by atomic mass is 9.87. The van der Waals surface area contributed by atoms with Crippen LogP contribution in [0.5, 0.6) is 0 Å². The maximum absolute atomic E-state index is 3.46. The summed E-state index contributed by atoms with van der Waals surface area (Å²) in [5, 5.41) is 1.36. The van der Waals surface area contributed by atoms with E-state index in [0.717, 1.165) is 25.7 Å². The molecule has 0 saturated carbocycles. The number of allylic oxidation sites excluding steroid dienone is 6. The Hall–Kier alpha value is -6.18. The van der Waals surface area contributed by atoms with Crippen molar-refractivity contribution in [1.82, 2.24) is 4.57 Å². The Morgan fingerprint density at radius 2 is 1.35 bits per heavy atom. The Kier molecular flexibility index (Phi) is 11.7. The van der Waals surface area contributed by atoms with E-state index in [1.807, 2.05) is 19.1 Å². The van der Waals surface area contributed by atoms with E-state index in [0.29, 0.717) is 0 Å². The summed E-state index contributed by atoms with van der Waals surface area (Å²) in [6, 6.07) is 51.8. The maximum atomic E-state index is 3.46. The number of aromatic nitrogens is 1. The van der Waals surface area contributed by atoms with Gasteiger partial charge in [0.15, 0.2) is 0 Å². The molecule has 0 bridgehead atoms. The molecule has 0 spiro atoms. The van der Waals surface area contributed by atoms with Crippen molar-refractivity contribution < 1.29 is 0 Å². The van der Waals surface area contributed by atoms with Crippen LogP contribution in [0.4, 0.5) is 0 Å². The molecule has 0 unspecified atom stereocenters. The Morgan fingerprint density at radius 3 is 2.02 bits per heavy atom. The lowest BCUT2D eigenvalue weighted by Gasteiger charge is -2.19. The second-order valence-corrected chi connectivity index (χ2v) is 14.4. The smallest absolute Gasteiger partial charge is 0.0537 e. The van der Waals surface area contributed by atoms with Gasteiger partial charge in [0.1, 0.15) is 0 Å². The van der Waals surface area contributed by atoms with Gasteiger partial charge in [-0.15, -0.1) is 0 Å². The molecule has 1 heteroatoms. The third-order valence-electron chi connectivity index (χ3n) is 10.6. The van der Waals surface area contributed by atoms with Crippen LogP contribution in [-0.4, -0.2) is 4.57 Å². The van der Waals surface area contributed by atoms with E-state index < -0.39 is 0 Å². The van der Waals surface area contributed by atoms with Crippen LogP contribution in [0.25, 0.3) is 61.6 Å². The van der Waals surface area contributed by atoms with Gasteiger partial charge in [0.25, 0.3) is 0 Å². The van der Waals surface area contributed by atoms with Crippen LogP contribution in [0.3, 0.4) is 0 Å². The highest BCUT2D eigenvalue weighted by Crippen LogP contribution is 2.42. The normalized spacial score (nSPS) is 12.4. The third-order valence-corrected chi connectivity index (χ3v) is 10.6. The van der Waals surface area contributed by atoms with Crippen molar-refractivity contribution in [1.29, 1.82) is 0 Å². The summed E-state index contributed by atoms with van der Waals surface area (Å²) in [6.07, 6.45) is 16.6. The molecule has 0 N–H and O–H groups in total. The Morgan fingerprint density at radius 1 is 0.709 bits per heavy atom. The van der Waals surface area contributed by atoms with Crippen molar-refractivity contribution >= 4 is 22.6 Å². The Bertz CT molecular complexity index is 2520. The average Bonchev–Trinajstić information content (AvgIpc) is 3.57. The molecule has 1 nitrogen and oxygen atoms in total. The zero-order chi connectivity index (χ0) is 38.1. The molecule has 7 aromatic rings. The topological polar surface area (TPSA) is 4.93 Å². The van der Waals surface area contributed by atoms with Crippen LogP contribution in [0, 0.1) is 6.92 Å². The highest BCUT2D eigenvalue weighted by molar-refractivity contribution is 5.95. The number of fused-ring (bicyclic) bond motifs is 3. The highest BCUT2D eigenvalue weighted by atomic mass is 15.0. The number of rotatable bonds is 9. The van der Waals surface area contributed by atoms with Gasteiger partial charge in [0, 0.05) is 16.8 Å². The van der Waals surface area contributed by atoms with E-state index in [1.54, 1.807) is 6.08 Å². The fourth-order valence-corrected chi connectivity index (χ4v) is 8.01. The molecule has 6 aromatic carbocycles. The van der Waals surface area contributed by atoms with Gasteiger partial charge in [-0.25, -0.2) is 0 Å². The highest BCUT2D eigenvalue weighted by Gasteiger charge is 2.20. The predicted octanol–water partition coefficient (Wildman–Crippen LogP) is 15.1. The Balaban J connectivity index is 0.000000875. The van der Waals surface area contributed by atoms with E-state index in [-0.39, 0.29) is 0 Å². The molecular weight excluding hydrogens is 663 g/mol. The van der Waals surface area contributed by atoms with Gasteiger partial charge in [-0.3, -0.25) is 0 Å². The van der Waals surface area contributed by atoms with E-state index in [2.05, 4.69) is 190 Å². The zero-order valence-corrected chi connectivity index (χ0v) is 32.7. The largest absolute Gasteiger partial charge is 0.310 e. The van der Waals surface area contributed by atoms with Crippen molar-refractivity contribution in [3.63, 3.8) is 0 Å². The molecule has 1 aromatic heterocycles. The van der Waals surface area contributed by atoms with Crippen molar-refractivity contribution in [3.8, 4) is 39.1 Å². The number of aryl methyl sites for hydroxylation is 2. The Labute approximate surface area is 328 Å². The van der Waals surface area contributed by atoms with Gasteiger partial charge in [0.2, 0.25) is 0 Å². The van der Waals surface area contributed by atoms with Crippen molar-refractivity contribution in [2.75, 3.05) is 0 Å².